The van der Waals surface area contributed by atoms with Gasteiger partial charge in [-0.25, -0.2) is 0 Å². The summed E-state index contributed by atoms with van der Waals surface area (Å²) in [6.45, 7) is 2.07. The second kappa shape index (κ2) is 3.55. The first kappa shape index (κ1) is 9.98. The van der Waals surface area contributed by atoms with Gasteiger partial charge >= 0.3 is 0 Å². The van der Waals surface area contributed by atoms with E-state index in [1.807, 2.05) is 12.1 Å². The van der Waals surface area contributed by atoms with Gasteiger partial charge in [0.25, 0.3) is 0 Å². The van der Waals surface area contributed by atoms with Crippen molar-refractivity contribution in [1.29, 1.82) is 0 Å². The molecule has 79 valence electrons. The molecular formula is C11H13N2O2. The zero-order valence-corrected chi connectivity index (χ0v) is 8.53. The minimum atomic E-state index is -0.712. The average Bonchev–Trinajstić information content (AvgIpc) is 2.58. The molecule has 0 bridgehead atoms. The molecule has 1 atom stereocenters. The molecule has 4 nitrogen and oxygen atoms in total. The first-order valence-electron chi connectivity index (χ1n) is 4.81. The molecule has 15 heavy (non-hydrogen) atoms. The van der Waals surface area contributed by atoms with Gasteiger partial charge in [0.05, 0.1) is 24.3 Å². The summed E-state index contributed by atoms with van der Waals surface area (Å²) in [7, 11) is 0. The molecule has 0 aromatic heterocycles. The summed E-state index contributed by atoms with van der Waals surface area (Å²) in [5.74, 6) is -0.145. The monoisotopic (exact) mass is 205 g/mol. The van der Waals surface area contributed by atoms with Crippen LogP contribution in [0.4, 0.5) is 5.69 Å². The van der Waals surface area contributed by atoms with E-state index in [0.29, 0.717) is 6.54 Å². The lowest BCUT2D eigenvalue weighted by molar-refractivity contribution is -0.128. The van der Waals surface area contributed by atoms with Crippen LogP contribution in [-0.4, -0.2) is 24.2 Å². The van der Waals surface area contributed by atoms with Crippen LogP contribution in [0.15, 0.2) is 24.3 Å². The van der Waals surface area contributed by atoms with E-state index in [-0.39, 0.29) is 12.5 Å². The van der Waals surface area contributed by atoms with Crippen LogP contribution >= 0.6 is 0 Å². The Hall–Kier alpha value is -1.55. The fourth-order valence-corrected chi connectivity index (χ4v) is 1.55. The molecular weight excluding hydrogens is 192 g/mol. The molecule has 1 aromatic rings. The second-order valence-electron chi connectivity index (χ2n) is 4.01. The van der Waals surface area contributed by atoms with Crippen LogP contribution in [-0.2, 0) is 4.79 Å². The Balaban J connectivity index is 2.20. The molecule has 1 unspecified atom stereocenters. The van der Waals surface area contributed by atoms with Gasteiger partial charge in [0.2, 0.25) is 5.91 Å². The van der Waals surface area contributed by atoms with E-state index < -0.39 is 5.41 Å². The minimum Gasteiger partial charge on any atom is -0.395 e. The van der Waals surface area contributed by atoms with Crippen LogP contribution in [0.3, 0.4) is 0 Å². The number of hydrogen-bond acceptors (Lipinski definition) is 3. The van der Waals surface area contributed by atoms with Crippen molar-refractivity contribution < 1.29 is 9.90 Å². The lowest BCUT2D eigenvalue weighted by Crippen LogP contribution is -2.34. The third-order valence-electron chi connectivity index (χ3n) is 2.64. The molecule has 0 aliphatic carbocycles. The Labute approximate surface area is 88.5 Å². The fraction of sp³-hybridized carbons (Fsp3) is 0.364. The molecule has 4 heteroatoms. The van der Waals surface area contributed by atoms with Crippen molar-refractivity contribution in [2.45, 2.75) is 6.92 Å². The van der Waals surface area contributed by atoms with E-state index in [9.17, 15) is 4.79 Å². The van der Waals surface area contributed by atoms with E-state index in [2.05, 4.69) is 11.5 Å². The normalized spacial score (nSPS) is 25.5. The summed E-state index contributed by atoms with van der Waals surface area (Å²) in [6, 6.07) is 10.3. The van der Waals surface area contributed by atoms with Crippen LogP contribution in [0.2, 0.25) is 0 Å². The number of hydrogen-bond donors (Lipinski definition) is 2. The molecule has 1 aliphatic rings. The topological polar surface area (TPSA) is 52.6 Å². The summed E-state index contributed by atoms with van der Waals surface area (Å²) < 4.78 is 0. The number of amides is 1. The lowest BCUT2D eigenvalue weighted by Gasteiger charge is -2.19. The zero-order chi connectivity index (χ0) is 10.9. The predicted molar refractivity (Wildman–Crippen MR) is 56.0 cm³/mol. The molecule has 1 heterocycles. The van der Waals surface area contributed by atoms with Gasteiger partial charge in [-0.2, -0.15) is 0 Å². The van der Waals surface area contributed by atoms with Gasteiger partial charge in [0.1, 0.15) is 0 Å². The van der Waals surface area contributed by atoms with E-state index >= 15 is 0 Å². The van der Waals surface area contributed by atoms with Crippen molar-refractivity contribution in [2.75, 3.05) is 18.2 Å². The van der Waals surface area contributed by atoms with Crippen molar-refractivity contribution in [2.24, 2.45) is 5.41 Å². The quantitative estimate of drug-likeness (QED) is 0.732. The number of benzene rings is 1. The molecule has 1 aromatic carbocycles. The van der Waals surface area contributed by atoms with Crippen LogP contribution in [0.5, 0.6) is 0 Å². The van der Waals surface area contributed by atoms with Crippen molar-refractivity contribution in [1.82, 2.24) is 5.43 Å². The van der Waals surface area contributed by atoms with Gasteiger partial charge < -0.3 is 5.11 Å². The third-order valence-corrected chi connectivity index (χ3v) is 2.64. The molecule has 0 saturated carbocycles. The standard InChI is InChI=1S/C11H13N2O2/c1-11(8-14)7-13(12-10(11)15)9-5-3-2-4-6-9/h2-3,5-6,14H,7-8H2,1H3,(H,12,15). The highest BCUT2D eigenvalue weighted by Crippen LogP contribution is 2.26. The molecule has 1 fully saturated rings. The molecule has 0 spiro atoms. The predicted octanol–water partition coefficient (Wildman–Crippen LogP) is 0.337. The molecule has 2 N–H and O–H groups in total. The van der Waals surface area contributed by atoms with E-state index in [1.165, 1.54) is 0 Å². The van der Waals surface area contributed by atoms with Crippen LogP contribution in [0, 0.1) is 11.5 Å². The maximum Gasteiger partial charge on any atom is 0.248 e. The maximum absolute atomic E-state index is 11.6. The highest BCUT2D eigenvalue weighted by molar-refractivity contribution is 5.87. The van der Waals surface area contributed by atoms with Gasteiger partial charge in [-0.05, 0) is 25.1 Å². The average molecular weight is 205 g/mol. The number of rotatable bonds is 2. The van der Waals surface area contributed by atoms with E-state index in [4.69, 9.17) is 5.11 Å². The summed E-state index contributed by atoms with van der Waals surface area (Å²) in [6.07, 6.45) is 0. The van der Waals surface area contributed by atoms with E-state index in [0.717, 1.165) is 5.69 Å². The fourth-order valence-electron chi connectivity index (χ4n) is 1.55. The Morgan fingerprint density at radius 1 is 1.73 bits per heavy atom. The summed E-state index contributed by atoms with van der Waals surface area (Å²) in [5.41, 5.74) is 2.89. The smallest absolute Gasteiger partial charge is 0.248 e. The highest BCUT2D eigenvalue weighted by Gasteiger charge is 2.41. The number of nitrogens with one attached hydrogen (secondary N) is 1. The summed E-state index contributed by atoms with van der Waals surface area (Å²) in [4.78, 5) is 11.6. The molecule has 1 amide bonds. The van der Waals surface area contributed by atoms with Gasteiger partial charge in [-0.3, -0.25) is 15.2 Å². The second-order valence-corrected chi connectivity index (χ2v) is 4.01. The largest absolute Gasteiger partial charge is 0.395 e. The third kappa shape index (κ3) is 1.68. The van der Waals surface area contributed by atoms with Crippen molar-refractivity contribution in [3.05, 3.63) is 30.3 Å². The van der Waals surface area contributed by atoms with Crippen molar-refractivity contribution in [3.63, 3.8) is 0 Å². The van der Waals surface area contributed by atoms with Crippen LogP contribution in [0.25, 0.3) is 0 Å². The lowest BCUT2D eigenvalue weighted by atomic mass is 9.92. The Morgan fingerprint density at radius 3 is 3.07 bits per heavy atom. The molecule has 1 radical (unpaired) electrons. The number of hydrazine groups is 1. The zero-order valence-electron chi connectivity index (χ0n) is 8.53. The Kier molecular flexibility index (Phi) is 2.36. The first-order chi connectivity index (χ1) is 7.15. The van der Waals surface area contributed by atoms with Gasteiger partial charge in [0, 0.05) is 0 Å². The van der Waals surface area contributed by atoms with Gasteiger partial charge in [-0.15, -0.1) is 0 Å². The first-order valence-corrected chi connectivity index (χ1v) is 4.81. The number of anilines is 1. The molecule has 1 saturated heterocycles. The van der Waals surface area contributed by atoms with Crippen LogP contribution < -0.4 is 10.4 Å². The van der Waals surface area contributed by atoms with Crippen molar-refractivity contribution in [3.8, 4) is 0 Å². The molecule has 2 rings (SSSR count). The summed E-state index contributed by atoms with van der Waals surface area (Å²) in [5, 5.41) is 10.9. The van der Waals surface area contributed by atoms with Gasteiger partial charge in [-0.1, -0.05) is 12.1 Å². The Bertz CT molecular complexity index is 366. The SMILES string of the molecule is CC1(CO)CN(c2c[c]ccc2)NC1=O. The number of nitrogens with zero attached hydrogens (tertiary/aromatic N) is 1. The number of carbonyl (C=O) groups excluding carboxylic acids is 1. The number of aliphatic hydroxyl groups excluding tert-OH is 1. The molecule has 1 aliphatic heterocycles. The summed E-state index contributed by atoms with van der Waals surface area (Å²) >= 11 is 0. The maximum atomic E-state index is 11.6. The number of aliphatic hydroxyl groups is 1. The minimum absolute atomic E-state index is 0.145. The van der Waals surface area contributed by atoms with E-state index in [1.54, 1.807) is 24.1 Å². The number of carbonyl (C=O) groups is 1. The van der Waals surface area contributed by atoms with Gasteiger partial charge in [0.15, 0.2) is 0 Å². The van der Waals surface area contributed by atoms with Crippen molar-refractivity contribution >= 4 is 11.6 Å². The highest BCUT2D eigenvalue weighted by atomic mass is 16.3. The van der Waals surface area contributed by atoms with Crippen LogP contribution in [0.1, 0.15) is 6.92 Å². The Morgan fingerprint density at radius 2 is 2.53 bits per heavy atom.